The molecule has 5 atom stereocenters. The summed E-state index contributed by atoms with van der Waals surface area (Å²) in [7, 11) is 0. The molecule has 1 saturated carbocycles. The van der Waals surface area contributed by atoms with Gasteiger partial charge in [0.05, 0.1) is 23.1 Å². The number of nitrogens with zero attached hydrogens (tertiary/aromatic N) is 3. The molecule has 0 radical (unpaired) electrons. The molecule has 3 aromatic heterocycles. The number of H-pyrrole nitrogens is 1. The van der Waals surface area contributed by atoms with Crippen molar-refractivity contribution in [1.29, 1.82) is 0 Å². The molecule has 1 aliphatic heterocycles. The van der Waals surface area contributed by atoms with Gasteiger partial charge in [-0.05, 0) is 55.7 Å². The van der Waals surface area contributed by atoms with Crippen LogP contribution in [0.5, 0.6) is 0 Å². The third kappa shape index (κ3) is 6.02. The van der Waals surface area contributed by atoms with Crippen LogP contribution in [-0.4, -0.2) is 84.3 Å². The Morgan fingerprint density at radius 1 is 1.09 bits per heavy atom. The van der Waals surface area contributed by atoms with Crippen molar-refractivity contribution in [2.24, 2.45) is 5.92 Å². The van der Waals surface area contributed by atoms with Gasteiger partial charge in [0.2, 0.25) is 6.29 Å². The zero-order chi connectivity index (χ0) is 33.6. The minimum atomic E-state index is -1.83. The topological polar surface area (TPSA) is 169 Å². The summed E-state index contributed by atoms with van der Waals surface area (Å²) in [5, 5.41) is 38.8. The van der Waals surface area contributed by atoms with Crippen LogP contribution in [-0.2, 0) is 23.8 Å². The van der Waals surface area contributed by atoms with Crippen molar-refractivity contribution in [3.63, 3.8) is 0 Å². The number of aromatic nitrogens is 4. The summed E-state index contributed by atoms with van der Waals surface area (Å²) in [5.41, 5.74) is 4.30. The number of carbonyl (C=O) groups is 2. The zero-order valence-corrected chi connectivity index (χ0v) is 25.8. The number of fused-ring (bicyclic) bond motifs is 2. The number of hydrogen-bond acceptors (Lipinski definition) is 10. The fourth-order valence-corrected chi connectivity index (χ4v) is 6.67. The molecule has 2 fully saturated rings. The first-order chi connectivity index (χ1) is 22.5. The summed E-state index contributed by atoms with van der Waals surface area (Å²) >= 11 is 0. The molecule has 0 spiro atoms. The van der Waals surface area contributed by atoms with E-state index in [1.54, 1.807) is 6.20 Å². The standard InChI is InChI=1S/C33H36F2N4O8/c1-4-11-45-32(44)29-27(41)26(40)28(42)33(46-29)47-31(43)17-7-5-16(6-8-17)23-24-22(12-18-14-36-38-30(18)37-24)39(25(23)15(2)3)19-9-10-20(34)21(35)13-19/h4,9-10,12-17,26-29,33,40-42H,1,5-8,11H2,2-3H3,(H,36,37,38)/t16?,17?,26-,27-,28+,29-,33-/m0/s1. The minimum Gasteiger partial charge on any atom is -0.459 e. The Balaban J connectivity index is 1.25. The molecule has 0 unspecified atom stereocenters. The summed E-state index contributed by atoms with van der Waals surface area (Å²) < 4.78 is 46.1. The van der Waals surface area contributed by atoms with Crippen LogP contribution >= 0.6 is 0 Å². The maximum Gasteiger partial charge on any atom is 0.338 e. The van der Waals surface area contributed by atoms with Crippen molar-refractivity contribution in [2.75, 3.05) is 6.61 Å². The van der Waals surface area contributed by atoms with E-state index in [0.29, 0.717) is 42.5 Å². The highest BCUT2D eigenvalue weighted by molar-refractivity contribution is 5.93. The Bertz CT molecular complexity index is 1820. The van der Waals surface area contributed by atoms with Gasteiger partial charge in [-0.25, -0.2) is 18.6 Å². The average molecular weight is 655 g/mol. The quantitative estimate of drug-likeness (QED) is 0.163. The predicted molar refractivity (Wildman–Crippen MR) is 163 cm³/mol. The van der Waals surface area contributed by atoms with E-state index in [0.717, 1.165) is 34.3 Å². The maximum atomic E-state index is 14.5. The first kappa shape index (κ1) is 32.7. The summed E-state index contributed by atoms with van der Waals surface area (Å²) in [6, 6.07) is 5.71. The molecular formula is C33H36F2N4O8. The van der Waals surface area contributed by atoms with Crippen molar-refractivity contribution in [3.05, 3.63) is 66.0 Å². The molecule has 250 valence electrons. The first-order valence-electron chi connectivity index (χ1n) is 15.5. The second-order valence-electron chi connectivity index (χ2n) is 12.4. The van der Waals surface area contributed by atoms with E-state index < -0.39 is 60.2 Å². The summed E-state index contributed by atoms with van der Waals surface area (Å²) in [6.45, 7) is 7.31. The molecule has 4 aromatic rings. The van der Waals surface area contributed by atoms with Gasteiger partial charge in [0.1, 0.15) is 24.9 Å². The van der Waals surface area contributed by atoms with Gasteiger partial charge < -0.3 is 34.1 Å². The lowest BCUT2D eigenvalue weighted by molar-refractivity contribution is -0.288. The lowest BCUT2D eigenvalue weighted by Gasteiger charge is -2.39. The number of rotatable bonds is 8. The van der Waals surface area contributed by atoms with E-state index in [9.17, 15) is 33.7 Å². The average Bonchev–Trinajstić information content (AvgIpc) is 3.66. The van der Waals surface area contributed by atoms with E-state index in [4.69, 9.17) is 19.2 Å². The summed E-state index contributed by atoms with van der Waals surface area (Å²) in [4.78, 5) is 30.5. The van der Waals surface area contributed by atoms with Gasteiger partial charge in [0, 0.05) is 28.4 Å². The van der Waals surface area contributed by atoms with E-state index in [1.165, 1.54) is 12.1 Å². The molecular weight excluding hydrogens is 618 g/mol. The number of aliphatic hydroxyl groups is 3. The van der Waals surface area contributed by atoms with E-state index in [1.807, 2.05) is 24.5 Å². The van der Waals surface area contributed by atoms with Crippen molar-refractivity contribution in [2.45, 2.75) is 82.1 Å². The van der Waals surface area contributed by atoms with Crippen molar-refractivity contribution in [1.82, 2.24) is 19.7 Å². The second-order valence-corrected chi connectivity index (χ2v) is 12.4. The number of aromatic amines is 1. The van der Waals surface area contributed by atoms with Crippen molar-refractivity contribution < 1.29 is 47.9 Å². The van der Waals surface area contributed by atoms with Crippen LogP contribution in [0.2, 0.25) is 0 Å². The fourth-order valence-electron chi connectivity index (χ4n) is 6.67. The first-order valence-corrected chi connectivity index (χ1v) is 15.5. The maximum absolute atomic E-state index is 14.5. The monoisotopic (exact) mass is 654 g/mol. The third-order valence-electron chi connectivity index (χ3n) is 8.97. The Morgan fingerprint density at radius 2 is 1.83 bits per heavy atom. The molecule has 47 heavy (non-hydrogen) atoms. The minimum absolute atomic E-state index is 0.0377. The molecule has 4 N–H and O–H groups in total. The van der Waals surface area contributed by atoms with Crippen molar-refractivity contribution >= 4 is 34.0 Å². The van der Waals surface area contributed by atoms with Crippen LogP contribution in [0.15, 0.2) is 43.1 Å². The molecule has 2 aliphatic rings. The number of halogens is 2. The highest BCUT2D eigenvalue weighted by atomic mass is 19.2. The highest BCUT2D eigenvalue weighted by Crippen LogP contribution is 2.45. The number of hydrogen-bond donors (Lipinski definition) is 4. The number of aliphatic hydroxyl groups excluding tert-OH is 3. The lowest BCUT2D eigenvalue weighted by atomic mass is 9.77. The van der Waals surface area contributed by atoms with Crippen LogP contribution < -0.4 is 0 Å². The molecule has 0 amide bonds. The largest absolute Gasteiger partial charge is 0.459 e. The molecule has 1 aliphatic carbocycles. The summed E-state index contributed by atoms with van der Waals surface area (Å²) in [6.07, 6.45) is -3.92. The van der Waals surface area contributed by atoms with Crippen LogP contribution in [0.1, 0.15) is 62.6 Å². The number of carbonyl (C=O) groups excluding carboxylic acids is 2. The van der Waals surface area contributed by atoms with Crippen LogP contribution in [0.4, 0.5) is 8.78 Å². The number of ether oxygens (including phenoxy) is 3. The lowest BCUT2D eigenvalue weighted by Crippen LogP contribution is -2.61. The number of esters is 2. The normalized spacial score (nSPS) is 26.5. The van der Waals surface area contributed by atoms with Gasteiger partial charge in [-0.15, -0.1) is 0 Å². The molecule has 6 rings (SSSR count). The van der Waals surface area contributed by atoms with Gasteiger partial charge in [0.15, 0.2) is 23.4 Å². The molecule has 14 heteroatoms. The fraction of sp³-hybridized carbons (Fsp3) is 0.455. The molecule has 12 nitrogen and oxygen atoms in total. The second kappa shape index (κ2) is 13.1. The Labute approximate surface area is 267 Å². The van der Waals surface area contributed by atoms with Gasteiger partial charge >= 0.3 is 11.9 Å². The van der Waals surface area contributed by atoms with E-state index >= 15 is 0 Å². The van der Waals surface area contributed by atoms with Gasteiger partial charge in [-0.3, -0.25) is 9.89 Å². The van der Waals surface area contributed by atoms with Crippen LogP contribution in [0.3, 0.4) is 0 Å². The van der Waals surface area contributed by atoms with Gasteiger partial charge in [0.25, 0.3) is 0 Å². The van der Waals surface area contributed by atoms with Gasteiger partial charge in [-0.1, -0.05) is 26.5 Å². The zero-order valence-electron chi connectivity index (χ0n) is 25.8. The van der Waals surface area contributed by atoms with Crippen LogP contribution in [0, 0.1) is 17.6 Å². The van der Waals surface area contributed by atoms with E-state index in [2.05, 4.69) is 16.8 Å². The molecule has 4 heterocycles. The third-order valence-corrected chi connectivity index (χ3v) is 8.97. The number of nitrogens with one attached hydrogen (secondary N) is 1. The number of pyridine rings is 1. The molecule has 1 aromatic carbocycles. The van der Waals surface area contributed by atoms with E-state index in [-0.39, 0.29) is 18.4 Å². The molecule has 0 bridgehead atoms. The summed E-state index contributed by atoms with van der Waals surface area (Å²) in [5.74, 6) is -4.26. The predicted octanol–water partition coefficient (Wildman–Crippen LogP) is 3.66. The Kier molecular flexibility index (Phi) is 9.12. The Morgan fingerprint density at radius 3 is 2.51 bits per heavy atom. The molecule has 1 saturated heterocycles. The Hall–Kier alpha value is -4.24. The van der Waals surface area contributed by atoms with Gasteiger partial charge in [-0.2, -0.15) is 5.10 Å². The number of benzene rings is 1. The van der Waals surface area contributed by atoms with Crippen LogP contribution in [0.25, 0.3) is 27.8 Å². The SMILES string of the molecule is C=CCOC(=O)[C@H]1O[C@@H](OC(=O)C2CCC(c3c(C(C)C)n(-c4ccc(F)c(F)c4)c4cc5cn[nH]c5nc34)CC2)[C@H](O)[C@@H](O)[C@@H]1O. The van der Waals surface area contributed by atoms with Crippen molar-refractivity contribution in [3.8, 4) is 5.69 Å². The smallest absolute Gasteiger partial charge is 0.338 e. The highest BCUT2D eigenvalue weighted by Gasteiger charge is 2.49.